The summed E-state index contributed by atoms with van der Waals surface area (Å²) in [6.07, 6.45) is 4.99. The highest BCUT2D eigenvalue weighted by molar-refractivity contribution is 7.77. The van der Waals surface area contributed by atoms with Gasteiger partial charge in [-0.05, 0) is 43.0 Å². The van der Waals surface area contributed by atoms with Crippen LogP contribution in [0.4, 0.5) is 0 Å². The quantitative estimate of drug-likeness (QED) is 0.409. The van der Waals surface area contributed by atoms with Crippen molar-refractivity contribution in [3.63, 3.8) is 0 Å². The summed E-state index contributed by atoms with van der Waals surface area (Å²) in [4.78, 5) is 0. The number of nitrogens with zero attached hydrogens (tertiary/aromatic N) is 1. The Kier molecular flexibility index (Phi) is 6.15. The lowest BCUT2D eigenvalue weighted by atomic mass is 10.1. The van der Waals surface area contributed by atoms with E-state index in [-0.39, 0.29) is 0 Å². The van der Waals surface area contributed by atoms with Crippen molar-refractivity contribution in [2.45, 2.75) is 33.1 Å². The summed E-state index contributed by atoms with van der Waals surface area (Å²) >= 11 is 0. The maximum absolute atomic E-state index is 13.5. The van der Waals surface area contributed by atoms with Crippen molar-refractivity contribution < 1.29 is 4.57 Å². The third-order valence-corrected chi connectivity index (χ3v) is 6.06. The van der Waals surface area contributed by atoms with E-state index >= 15 is 0 Å². The summed E-state index contributed by atoms with van der Waals surface area (Å²) in [7, 11) is -2.92. The molecule has 22 heavy (non-hydrogen) atoms. The van der Waals surface area contributed by atoms with Crippen molar-refractivity contribution >= 4 is 24.1 Å². The molecule has 2 rings (SSSR count). The summed E-state index contributed by atoms with van der Waals surface area (Å²) in [5.41, 5.74) is 0. The van der Waals surface area contributed by atoms with Gasteiger partial charge in [-0.25, -0.2) is 4.76 Å². The molecule has 0 radical (unpaired) electrons. The van der Waals surface area contributed by atoms with Crippen molar-refractivity contribution in [2.75, 3.05) is 0 Å². The van der Waals surface area contributed by atoms with Crippen LogP contribution in [-0.2, 0) is 4.57 Å². The first-order chi connectivity index (χ1) is 10.6. The molecule has 3 heteroatoms. The highest BCUT2D eigenvalue weighted by Crippen LogP contribution is 2.44. The molecule has 0 aliphatic carbocycles. The molecule has 2 aromatic rings. The largest absolute Gasteiger partial charge is 0.288 e. The first kappa shape index (κ1) is 16.7. The fourth-order valence-corrected chi connectivity index (χ4v) is 4.40. The van der Waals surface area contributed by atoms with E-state index in [9.17, 15) is 4.57 Å². The molecule has 0 unspecified atom stereocenters. The molecule has 0 saturated carbocycles. The van der Waals surface area contributed by atoms with Gasteiger partial charge in [0.05, 0.1) is 0 Å². The third kappa shape index (κ3) is 4.42. The fourth-order valence-electron chi connectivity index (χ4n) is 2.33. The van der Waals surface area contributed by atoms with E-state index < -0.39 is 7.29 Å². The highest BCUT2D eigenvalue weighted by atomic mass is 31.2. The van der Waals surface area contributed by atoms with Crippen LogP contribution >= 0.6 is 7.29 Å². The van der Waals surface area contributed by atoms with Crippen LogP contribution in [0.5, 0.6) is 0 Å². The number of unbranched alkanes of at least 4 members (excludes halogenated alkanes) is 1. The van der Waals surface area contributed by atoms with Crippen molar-refractivity contribution in [2.24, 2.45) is 10.7 Å². The normalized spacial score (nSPS) is 12.1. The predicted molar refractivity (Wildman–Crippen MR) is 96.9 cm³/mol. The molecule has 0 aliphatic rings. The van der Waals surface area contributed by atoms with Crippen molar-refractivity contribution in [3.8, 4) is 0 Å². The third-order valence-electron chi connectivity index (χ3n) is 3.57. The van der Waals surface area contributed by atoms with Gasteiger partial charge in [0.15, 0.2) is 0 Å². The van der Waals surface area contributed by atoms with Gasteiger partial charge in [-0.2, -0.15) is 0 Å². The van der Waals surface area contributed by atoms with E-state index in [1.54, 1.807) is 0 Å². The van der Waals surface area contributed by atoms with E-state index in [1.165, 1.54) is 6.42 Å². The van der Waals surface area contributed by atoms with Gasteiger partial charge >= 0.3 is 0 Å². The van der Waals surface area contributed by atoms with E-state index in [2.05, 4.69) is 18.6 Å². The summed E-state index contributed by atoms with van der Waals surface area (Å²) in [6, 6.07) is 19.1. The van der Waals surface area contributed by atoms with E-state index in [4.69, 9.17) is 0 Å². The summed E-state index contributed by atoms with van der Waals surface area (Å²) in [5.74, 6) is 0.698. The van der Waals surface area contributed by atoms with Crippen molar-refractivity contribution in [3.05, 3.63) is 60.7 Å². The average molecular weight is 313 g/mol. The molecule has 0 bridgehead atoms. The molecular weight excluding hydrogens is 289 g/mol. The van der Waals surface area contributed by atoms with E-state index in [0.717, 1.165) is 23.5 Å². The second-order valence-corrected chi connectivity index (χ2v) is 8.29. The van der Waals surface area contributed by atoms with Crippen LogP contribution in [0.3, 0.4) is 0 Å². The zero-order valence-electron chi connectivity index (χ0n) is 13.4. The van der Waals surface area contributed by atoms with Crippen molar-refractivity contribution in [1.82, 2.24) is 0 Å². The molecule has 0 aliphatic heterocycles. The van der Waals surface area contributed by atoms with Crippen LogP contribution in [0.25, 0.3) is 0 Å². The number of benzene rings is 2. The fraction of sp³-hybridized carbons (Fsp3) is 0.316. The Morgan fingerprint density at radius 2 is 1.45 bits per heavy atom. The molecule has 116 valence electrons. The Bertz CT molecular complexity index is 591. The van der Waals surface area contributed by atoms with Gasteiger partial charge < -0.3 is 0 Å². The number of hydrogen-bond donors (Lipinski definition) is 0. The maximum atomic E-state index is 13.5. The number of hydrogen-bond acceptors (Lipinski definition) is 1. The summed E-state index contributed by atoms with van der Waals surface area (Å²) < 4.78 is 18.0. The van der Waals surface area contributed by atoms with Crippen LogP contribution in [0.15, 0.2) is 65.4 Å². The molecule has 0 atom stereocenters. The standard InChI is InChI=1S/C19H24NOP/c1-17(2)11-9-10-16-20-22(21,18-12-5-3-6-13-18)19-14-7-4-8-15-19/h3-8,12-17H,9-11H2,1-2H3. The SMILES string of the molecule is CC(C)CCCC=NP(=O)(c1ccccc1)c1ccccc1. The second kappa shape index (κ2) is 8.10. The zero-order chi connectivity index (χ0) is 15.8. The lowest BCUT2D eigenvalue weighted by molar-refractivity contribution is 0.566. The molecule has 2 nitrogen and oxygen atoms in total. The van der Waals surface area contributed by atoms with Gasteiger partial charge in [0.25, 0.3) is 0 Å². The molecule has 0 aromatic heterocycles. The maximum Gasteiger partial charge on any atom is 0.247 e. The Morgan fingerprint density at radius 3 is 1.91 bits per heavy atom. The lowest BCUT2D eigenvalue weighted by Gasteiger charge is -2.14. The average Bonchev–Trinajstić information content (AvgIpc) is 2.55. The molecule has 0 N–H and O–H groups in total. The Balaban J connectivity index is 2.24. The Morgan fingerprint density at radius 1 is 0.955 bits per heavy atom. The predicted octanol–water partition coefficient (Wildman–Crippen LogP) is 4.81. The van der Waals surface area contributed by atoms with Crippen LogP contribution in [-0.4, -0.2) is 6.21 Å². The van der Waals surface area contributed by atoms with Gasteiger partial charge in [-0.15, -0.1) is 0 Å². The first-order valence-corrected chi connectivity index (χ1v) is 9.54. The summed E-state index contributed by atoms with van der Waals surface area (Å²) in [5, 5.41) is 1.59. The van der Waals surface area contributed by atoms with Crippen LogP contribution in [0.1, 0.15) is 33.1 Å². The Hall–Kier alpha value is -1.66. The van der Waals surface area contributed by atoms with Crippen LogP contribution in [0.2, 0.25) is 0 Å². The van der Waals surface area contributed by atoms with E-state index in [0.29, 0.717) is 5.92 Å². The summed E-state index contributed by atoms with van der Waals surface area (Å²) in [6.45, 7) is 4.44. The van der Waals surface area contributed by atoms with Crippen LogP contribution < -0.4 is 10.6 Å². The van der Waals surface area contributed by atoms with E-state index in [1.807, 2.05) is 66.9 Å². The molecule has 2 aromatic carbocycles. The van der Waals surface area contributed by atoms with Gasteiger partial charge in [-0.1, -0.05) is 56.7 Å². The molecule has 0 heterocycles. The minimum absolute atomic E-state index is 0.698. The van der Waals surface area contributed by atoms with Crippen LogP contribution in [0, 0.1) is 5.92 Å². The monoisotopic (exact) mass is 313 g/mol. The minimum Gasteiger partial charge on any atom is -0.288 e. The smallest absolute Gasteiger partial charge is 0.247 e. The molecule has 0 spiro atoms. The molecule has 0 saturated heterocycles. The zero-order valence-corrected chi connectivity index (χ0v) is 14.2. The minimum atomic E-state index is -2.92. The molecule has 0 amide bonds. The van der Waals surface area contributed by atoms with Gasteiger partial charge in [0.2, 0.25) is 7.29 Å². The molecular formula is C19H24NOP. The van der Waals surface area contributed by atoms with Gasteiger partial charge in [0, 0.05) is 16.8 Å². The van der Waals surface area contributed by atoms with Gasteiger partial charge in [0.1, 0.15) is 0 Å². The first-order valence-electron chi connectivity index (χ1n) is 7.88. The second-order valence-electron chi connectivity index (χ2n) is 5.87. The lowest BCUT2D eigenvalue weighted by Crippen LogP contribution is -2.14. The number of rotatable bonds is 7. The highest BCUT2D eigenvalue weighted by Gasteiger charge is 2.25. The van der Waals surface area contributed by atoms with Crippen molar-refractivity contribution in [1.29, 1.82) is 0 Å². The molecule has 0 fully saturated rings. The topological polar surface area (TPSA) is 29.4 Å². The Labute approximate surface area is 133 Å². The van der Waals surface area contributed by atoms with Gasteiger partial charge in [-0.3, -0.25) is 4.57 Å².